The number of hydrogen-bond donors (Lipinski definition) is 2. The molecule has 0 aliphatic heterocycles. The molecule has 0 bridgehead atoms. The third-order valence-electron chi connectivity index (χ3n) is 4.04. The maximum absolute atomic E-state index is 13.1. The molecule has 10 heteroatoms. The van der Waals surface area contributed by atoms with E-state index in [0.29, 0.717) is 34.3 Å². The molecule has 0 fully saturated rings. The summed E-state index contributed by atoms with van der Waals surface area (Å²) < 4.78 is 23.8. The van der Waals surface area contributed by atoms with Gasteiger partial charge in [-0.3, -0.25) is 4.79 Å². The number of rotatable bonds is 7. The molecule has 160 valence electrons. The van der Waals surface area contributed by atoms with Crippen molar-refractivity contribution in [3.05, 3.63) is 75.0 Å². The van der Waals surface area contributed by atoms with E-state index in [9.17, 15) is 14.0 Å². The standard InChI is InChI=1S/C21H18ClFN4O4/c1-3-31-18-9-12(8-15(22)19(18)30-2)11-24-27-20(28)17-10-16(25-21(29)26-17)13-4-6-14(23)7-5-13/h4-11H,3H2,1-2H3,(H,27,28)(H,25,26,29)/b24-11+. The van der Waals surface area contributed by atoms with E-state index in [-0.39, 0.29) is 11.4 Å². The topological polar surface area (TPSA) is 106 Å². The van der Waals surface area contributed by atoms with Crippen LogP contribution in [-0.2, 0) is 0 Å². The first-order chi connectivity index (χ1) is 14.9. The minimum absolute atomic E-state index is 0.0563. The molecule has 8 nitrogen and oxygen atoms in total. The number of carbonyl (C=O) groups excluding carboxylic acids is 1. The summed E-state index contributed by atoms with van der Waals surface area (Å²) in [4.78, 5) is 30.4. The Morgan fingerprint density at radius 3 is 2.71 bits per heavy atom. The highest BCUT2D eigenvalue weighted by molar-refractivity contribution is 6.32. The van der Waals surface area contributed by atoms with Gasteiger partial charge < -0.3 is 14.5 Å². The lowest BCUT2D eigenvalue weighted by Gasteiger charge is -2.11. The van der Waals surface area contributed by atoms with Crippen molar-refractivity contribution < 1.29 is 18.7 Å². The molecule has 0 aliphatic rings. The minimum atomic E-state index is -0.723. The monoisotopic (exact) mass is 444 g/mol. The summed E-state index contributed by atoms with van der Waals surface area (Å²) in [6, 6.07) is 10.0. The number of ether oxygens (including phenoxy) is 2. The molecular weight excluding hydrogens is 427 g/mol. The number of aromatic nitrogens is 2. The van der Waals surface area contributed by atoms with E-state index in [1.807, 2.05) is 6.92 Å². The second kappa shape index (κ2) is 9.86. The Kier molecular flexibility index (Phi) is 6.99. The number of halogens is 2. The molecule has 0 saturated carbocycles. The highest BCUT2D eigenvalue weighted by Gasteiger charge is 2.12. The van der Waals surface area contributed by atoms with Gasteiger partial charge in [-0.25, -0.2) is 14.6 Å². The number of hydrazone groups is 1. The average molecular weight is 445 g/mol. The SMILES string of the molecule is CCOc1cc(/C=N/NC(=O)c2cc(-c3ccc(F)cc3)nc(=O)[nH]2)cc(Cl)c1OC. The molecule has 2 aromatic carbocycles. The second-order valence-corrected chi connectivity index (χ2v) is 6.57. The van der Waals surface area contributed by atoms with Gasteiger partial charge in [0, 0.05) is 5.56 Å². The number of H-pyrrole nitrogens is 1. The molecule has 0 saturated heterocycles. The van der Waals surface area contributed by atoms with Crippen LogP contribution in [-0.4, -0.2) is 35.8 Å². The zero-order valence-corrected chi connectivity index (χ0v) is 17.4. The molecule has 0 radical (unpaired) electrons. The Balaban J connectivity index is 1.79. The van der Waals surface area contributed by atoms with E-state index >= 15 is 0 Å². The van der Waals surface area contributed by atoms with Crippen LogP contribution in [0.1, 0.15) is 23.0 Å². The smallest absolute Gasteiger partial charge is 0.346 e. The van der Waals surface area contributed by atoms with E-state index in [2.05, 4.69) is 20.5 Å². The van der Waals surface area contributed by atoms with Crippen LogP contribution in [0.3, 0.4) is 0 Å². The van der Waals surface area contributed by atoms with E-state index in [4.69, 9.17) is 21.1 Å². The van der Waals surface area contributed by atoms with Crippen molar-refractivity contribution >= 4 is 23.7 Å². The summed E-state index contributed by atoms with van der Waals surface area (Å²) in [6.45, 7) is 2.24. The van der Waals surface area contributed by atoms with Gasteiger partial charge in [-0.2, -0.15) is 10.1 Å². The molecule has 1 heterocycles. The second-order valence-electron chi connectivity index (χ2n) is 6.16. The number of amides is 1. The number of methoxy groups -OCH3 is 1. The van der Waals surface area contributed by atoms with Crippen LogP contribution in [0.5, 0.6) is 11.5 Å². The van der Waals surface area contributed by atoms with E-state index < -0.39 is 17.4 Å². The van der Waals surface area contributed by atoms with Crippen LogP contribution < -0.4 is 20.6 Å². The van der Waals surface area contributed by atoms with Gasteiger partial charge in [-0.15, -0.1) is 0 Å². The van der Waals surface area contributed by atoms with Crippen molar-refractivity contribution in [2.45, 2.75) is 6.92 Å². The van der Waals surface area contributed by atoms with Crippen LogP contribution >= 0.6 is 11.6 Å². The summed E-state index contributed by atoms with van der Waals surface area (Å²) in [7, 11) is 1.48. The normalized spacial score (nSPS) is 10.8. The summed E-state index contributed by atoms with van der Waals surface area (Å²) in [6.07, 6.45) is 1.37. The van der Waals surface area contributed by atoms with Crippen molar-refractivity contribution in [1.82, 2.24) is 15.4 Å². The molecule has 0 unspecified atom stereocenters. The molecule has 3 aromatic rings. The van der Waals surface area contributed by atoms with Gasteiger partial charge in [-0.05, 0) is 55.0 Å². The molecule has 0 aliphatic carbocycles. The van der Waals surface area contributed by atoms with Gasteiger partial charge in [0.15, 0.2) is 11.5 Å². The molecule has 2 N–H and O–H groups in total. The van der Waals surface area contributed by atoms with E-state index in [1.165, 1.54) is 43.7 Å². The average Bonchev–Trinajstić information content (AvgIpc) is 2.74. The predicted molar refractivity (Wildman–Crippen MR) is 114 cm³/mol. The van der Waals surface area contributed by atoms with E-state index in [1.54, 1.807) is 12.1 Å². The van der Waals surface area contributed by atoms with Gasteiger partial charge in [0.2, 0.25) is 0 Å². The minimum Gasteiger partial charge on any atom is -0.491 e. The summed E-state index contributed by atoms with van der Waals surface area (Å²) in [5.41, 5.74) is 2.81. The van der Waals surface area contributed by atoms with Crippen molar-refractivity contribution in [3.8, 4) is 22.8 Å². The molecule has 3 rings (SSSR count). The third kappa shape index (κ3) is 5.46. The van der Waals surface area contributed by atoms with Crippen molar-refractivity contribution in [3.63, 3.8) is 0 Å². The van der Waals surface area contributed by atoms with Crippen LogP contribution in [0.25, 0.3) is 11.3 Å². The lowest BCUT2D eigenvalue weighted by molar-refractivity contribution is 0.0949. The van der Waals surface area contributed by atoms with Crippen molar-refractivity contribution in [2.75, 3.05) is 13.7 Å². The number of hydrogen-bond acceptors (Lipinski definition) is 6. The summed E-state index contributed by atoms with van der Waals surface area (Å²) in [5.74, 6) is -0.254. The van der Waals surface area contributed by atoms with E-state index in [0.717, 1.165) is 0 Å². The highest BCUT2D eigenvalue weighted by Crippen LogP contribution is 2.35. The Labute approximate surface area is 181 Å². The lowest BCUT2D eigenvalue weighted by Crippen LogP contribution is -2.24. The highest BCUT2D eigenvalue weighted by atomic mass is 35.5. The third-order valence-corrected chi connectivity index (χ3v) is 4.33. The Morgan fingerprint density at radius 2 is 2.03 bits per heavy atom. The fourth-order valence-corrected chi connectivity index (χ4v) is 2.99. The Hall–Kier alpha value is -3.72. The zero-order valence-electron chi connectivity index (χ0n) is 16.6. The fraction of sp³-hybridized carbons (Fsp3) is 0.143. The lowest BCUT2D eigenvalue weighted by atomic mass is 10.1. The van der Waals surface area contributed by atoms with Crippen LogP contribution in [0, 0.1) is 5.82 Å². The quantitative estimate of drug-likeness (QED) is 0.429. The number of benzene rings is 2. The molecule has 1 amide bonds. The molecule has 0 spiro atoms. The van der Waals surface area contributed by atoms with Gasteiger partial charge in [-0.1, -0.05) is 11.6 Å². The zero-order chi connectivity index (χ0) is 22.4. The predicted octanol–water partition coefficient (Wildman–Crippen LogP) is 3.40. The Morgan fingerprint density at radius 1 is 1.29 bits per heavy atom. The molecule has 31 heavy (non-hydrogen) atoms. The van der Waals surface area contributed by atoms with Gasteiger partial charge in [0.1, 0.15) is 11.5 Å². The first-order valence-corrected chi connectivity index (χ1v) is 9.50. The van der Waals surface area contributed by atoms with Crippen LogP contribution in [0.4, 0.5) is 4.39 Å². The molecular formula is C21H18ClFN4O4. The van der Waals surface area contributed by atoms with Crippen LogP contribution in [0.15, 0.2) is 52.4 Å². The summed E-state index contributed by atoms with van der Waals surface area (Å²) in [5, 5.41) is 4.21. The first kappa shape index (κ1) is 22.0. The largest absolute Gasteiger partial charge is 0.491 e. The van der Waals surface area contributed by atoms with Gasteiger partial charge in [0.25, 0.3) is 5.91 Å². The maximum Gasteiger partial charge on any atom is 0.346 e. The summed E-state index contributed by atoms with van der Waals surface area (Å²) >= 11 is 6.19. The van der Waals surface area contributed by atoms with Crippen molar-refractivity contribution in [2.24, 2.45) is 5.10 Å². The molecule has 1 aromatic heterocycles. The van der Waals surface area contributed by atoms with Crippen LogP contribution in [0.2, 0.25) is 5.02 Å². The molecule has 0 atom stereocenters. The maximum atomic E-state index is 13.1. The Bertz CT molecular complexity index is 1180. The van der Waals surface area contributed by atoms with Gasteiger partial charge >= 0.3 is 5.69 Å². The van der Waals surface area contributed by atoms with Crippen molar-refractivity contribution in [1.29, 1.82) is 0 Å². The fourth-order valence-electron chi connectivity index (χ4n) is 2.70. The number of nitrogens with one attached hydrogen (secondary N) is 2. The number of aromatic amines is 1. The number of carbonyl (C=O) groups is 1. The number of nitrogens with zero attached hydrogens (tertiary/aromatic N) is 2. The first-order valence-electron chi connectivity index (χ1n) is 9.12. The van der Waals surface area contributed by atoms with Gasteiger partial charge in [0.05, 0.1) is 30.6 Å².